The largest absolute Gasteiger partial charge is 0.481 e. The summed E-state index contributed by atoms with van der Waals surface area (Å²) in [7, 11) is 0. The maximum atomic E-state index is 11.8. The second-order valence-electron chi connectivity index (χ2n) is 5.88. The molecule has 25 heavy (non-hydrogen) atoms. The Morgan fingerprint density at radius 1 is 1.24 bits per heavy atom. The third kappa shape index (κ3) is 7.89. The maximum Gasteiger partial charge on any atom is 0.410 e. The highest BCUT2D eigenvalue weighted by Gasteiger charge is 2.23. The third-order valence-electron chi connectivity index (χ3n) is 3.26. The summed E-state index contributed by atoms with van der Waals surface area (Å²) in [5.74, 6) is -2.72. The van der Waals surface area contributed by atoms with Crippen LogP contribution in [0.15, 0.2) is 24.3 Å². The Morgan fingerprint density at radius 3 is 2.44 bits per heavy atom. The van der Waals surface area contributed by atoms with E-state index in [0.717, 1.165) is 5.56 Å². The van der Waals surface area contributed by atoms with Gasteiger partial charge in [0.05, 0.1) is 5.92 Å². The highest BCUT2D eigenvalue weighted by atomic mass is 35.5. The molecular formula is C17H22ClNO6. The number of carboxylic acid groups (broad SMARTS) is 1. The van der Waals surface area contributed by atoms with Gasteiger partial charge in [0.1, 0.15) is 0 Å². The molecule has 2 N–H and O–H groups in total. The smallest absolute Gasteiger partial charge is 0.410 e. The molecule has 0 aromatic heterocycles. The lowest BCUT2D eigenvalue weighted by molar-refractivity contribution is -0.172. The van der Waals surface area contributed by atoms with E-state index in [1.54, 1.807) is 38.1 Å². The number of nitrogens with one attached hydrogen (secondary N) is 1. The normalized spacial score (nSPS) is 13.0. The molecule has 1 rings (SSSR count). The summed E-state index contributed by atoms with van der Waals surface area (Å²) < 4.78 is 9.91. The second-order valence-corrected chi connectivity index (χ2v) is 6.31. The van der Waals surface area contributed by atoms with Crippen LogP contribution >= 0.6 is 11.6 Å². The van der Waals surface area contributed by atoms with Gasteiger partial charge in [0, 0.05) is 24.4 Å². The van der Waals surface area contributed by atoms with Crippen LogP contribution < -0.4 is 5.32 Å². The molecule has 138 valence electrons. The molecule has 7 nitrogen and oxygen atoms in total. The van der Waals surface area contributed by atoms with E-state index in [0.29, 0.717) is 5.02 Å². The van der Waals surface area contributed by atoms with Crippen LogP contribution in [-0.2, 0) is 25.5 Å². The minimum Gasteiger partial charge on any atom is -0.481 e. The molecule has 1 amide bonds. The van der Waals surface area contributed by atoms with Crippen LogP contribution in [0.25, 0.3) is 0 Å². The average molecular weight is 372 g/mol. The number of carboxylic acids is 1. The van der Waals surface area contributed by atoms with Crippen molar-refractivity contribution < 1.29 is 29.0 Å². The predicted octanol–water partition coefficient (Wildman–Crippen LogP) is 2.85. The number of aliphatic carboxylic acids is 1. The fourth-order valence-corrected chi connectivity index (χ4v) is 2.22. The Bertz CT molecular complexity index is 619. The first-order chi connectivity index (χ1) is 11.7. The molecule has 0 bridgehead atoms. The highest BCUT2D eigenvalue weighted by Crippen LogP contribution is 2.15. The van der Waals surface area contributed by atoms with Gasteiger partial charge in [-0.3, -0.25) is 9.59 Å². The van der Waals surface area contributed by atoms with Crippen LogP contribution in [0.1, 0.15) is 26.3 Å². The first-order valence-corrected chi connectivity index (χ1v) is 8.15. The minimum absolute atomic E-state index is 0.133. The van der Waals surface area contributed by atoms with Crippen molar-refractivity contribution in [3.63, 3.8) is 0 Å². The van der Waals surface area contributed by atoms with E-state index in [-0.39, 0.29) is 18.9 Å². The number of ether oxygens (including phenoxy) is 2. The van der Waals surface area contributed by atoms with E-state index in [2.05, 4.69) is 5.32 Å². The lowest BCUT2D eigenvalue weighted by Crippen LogP contribution is -2.38. The predicted molar refractivity (Wildman–Crippen MR) is 91.2 cm³/mol. The van der Waals surface area contributed by atoms with Crippen LogP contribution in [0.2, 0.25) is 5.02 Å². The van der Waals surface area contributed by atoms with Gasteiger partial charge < -0.3 is 19.9 Å². The van der Waals surface area contributed by atoms with Gasteiger partial charge >= 0.3 is 18.0 Å². The topological polar surface area (TPSA) is 102 Å². The van der Waals surface area contributed by atoms with Crippen molar-refractivity contribution in [2.24, 2.45) is 11.8 Å². The summed E-state index contributed by atoms with van der Waals surface area (Å²) in [6, 6.07) is 6.85. The molecule has 1 aromatic rings. The minimum atomic E-state index is -1.05. The Hall–Kier alpha value is -2.28. The van der Waals surface area contributed by atoms with Gasteiger partial charge in [0.15, 0.2) is 0 Å². The molecule has 0 aliphatic rings. The van der Waals surface area contributed by atoms with Crippen LogP contribution in [-0.4, -0.2) is 36.0 Å². The van der Waals surface area contributed by atoms with Gasteiger partial charge in [-0.2, -0.15) is 0 Å². The van der Waals surface area contributed by atoms with Crippen molar-refractivity contribution in [1.29, 1.82) is 0 Å². The van der Waals surface area contributed by atoms with E-state index in [9.17, 15) is 19.5 Å². The molecule has 0 heterocycles. The SMILES string of the molecule is CC(=O)O[C@@H](OC(=O)NC[C@H](Cc1cccc(Cl)c1)C(=O)O)C(C)C. The molecule has 2 atom stereocenters. The van der Waals surface area contributed by atoms with Crippen LogP contribution in [0.3, 0.4) is 0 Å². The Labute approximate surface area is 151 Å². The van der Waals surface area contributed by atoms with Crippen molar-refractivity contribution in [2.75, 3.05) is 6.54 Å². The summed E-state index contributed by atoms with van der Waals surface area (Å²) >= 11 is 5.89. The van der Waals surface area contributed by atoms with Gasteiger partial charge in [0.2, 0.25) is 0 Å². The zero-order chi connectivity index (χ0) is 19.0. The highest BCUT2D eigenvalue weighted by molar-refractivity contribution is 6.30. The number of alkyl carbamates (subject to hydrolysis) is 1. The fraction of sp³-hybridized carbons (Fsp3) is 0.471. The first kappa shape index (κ1) is 20.8. The van der Waals surface area contributed by atoms with Crippen molar-refractivity contribution in [2.45, 2.75) is 33.5 Å². The lowest BCUT2D eigenvalue weighted by Gasteiger charge is -2.21. The second kappa shape index (κ2) is 9.88. The van der Waals surface area contributed by atoms with Crippen molar-refractivity contribution in [3.05, 3.63) is 34.9 Å². The molecule has 0 saturated heterocycles. The summed E-state index contributed by atoms with van der Waals surface area (Å²) in [6.45, 7) is 4.52. The van der Waals surface area contributed by atoms with E-state index in [1.807, 2.05) is 0 Å². The summed E-state index contributed by atoms with van der Waals surface area (Å²) in [5.41, 5.74) is 0.745. The Balaban J connectivity index is 2.60. The standard InChI is InChI=1S/C17H22ClNO6/c1-10(2)16(24-11(3)20)25-17(23)19-9-13(15(21)22)7-12-5-4-6-14(18)8-12/h4-6,8,10,13,16H,7,9H2,1-3H3,(H,19,23)(H,21,22)/t13-,16-/m0/s1. The third-order valence-corrected chi connectivity index (χ3v) is 3.50. The van der Waals surface area contributed by atoms with Gasteiger partial charge in [-0.15, -0.1) is 0 Å². The molecule has 0 aliphatic heterocycles. The quantitative estimate of drug-likeness (QED) is 0.538. The molecule has 0 fully saturated rings. The fourth-order valence-electron chi connectivity index (χ4n) is 2.01. The van der Waals surface area contributed by atoms with Crippen LogP contribution in [0.4, 0.5) is 4.79 Å². The van der Waals surface area contributed by atoms with Crippen molar-refractivity contribution in [1.82, 2.24) is 5.32 Å². The van der Waals surface area contributed by atoms with E-state index in [1.165, 1.54) is 6.92 Å². The van der Waals surface area contributed by atoms with E-state index < -0.39 is 30.2 Å². The first-order valence-electron chi connectivity index (χ1n) is 7.78. The average Bonchev–Trinajstić information content (AvgIpc) is 2.50. The molecular weight excluding hydrogens is 350 g/mol. The van der Waals surface area contributed by atoms with Crippen LogP contribution in [0, 0.1) is 11.8 Å². The number of carbonyl (C=O) groups excluding carboxylic acids is 2. The van der Waals surface area contributed by atoms with Gasteiger partial charge in [-0.05, 0) is 24.1 Å². The van der Waals surface area contributed by atoms with E-state index >= 15 is 0 Å². The monoisotopic (exact) mass is 371 g/mol. The zero-order valence-electron chi connectivity index (χ0n) is 14.3. The lowest BCUT2D eigenvalue weighted by atomic mass is 9.99. The number of hydrogen-bond donors (Lipinski definition) is 2. The molecule has 8 heteroatoms. The number of esters is 1. The maximum absolute atomic E-state index is 11.8. The molecule has 0 aliphatic carbocycles. The molecule has 0 unspecified atom stereocenters. The van der Waals surface area contributed by atoms with Crippen molar-refractivity contribution >= 4 is 29.6 Å². The number of carbonyl (C=O) groups is 3. The summed E-state index contributed by atoms with van der Waals surface area (Å²) in [6.07, 6.45) is -1.68. The molecule has 1 aromatic carbocycles. The number of hydrogen-bond acceptors (Lipinski definition) is 5. The van der Waals surface area contributed by atoms with E-state index in [4.69, 9.17) is 21.1 Å². The summed E-state index contributed by atoms with van der Waals surface area (Å²) in [5, 5.41) is 12.2. The number of benzene rings is 1. The van der Waals surface area contributed by atoms with Crippen molar-refractivity contribution in [3.8, 4) is 0 Å². The molecule has 0 radical (unpaired) electrons. The summed E-state index contributed by atoms with van der Waals surface area (Å²) in [4.78, 5) is 34.2. The Morgan fingerprint density at radius 2 is 1.92 bits per heavy atom. The zero-order valence-corrected chi connectivity index (χ0v) is 15.1. The Kier molecular flexibility index (Phi) is 8.21. The number of rotatable bonds is 8. The molecule has 0 saturated carbocycles. The van der Waals surface area contributed by atoms with Gasteiger partial charge in [-0.25, -0.2) is 4.79 Å². The molecule has 0 spiro atoms. The number of amides is 1. The van der Waals surface area contributed by atoms with Gasteiger partial charge in [-0.1, -0.05) is 37.6 Å². The van der Waals surface area contributed by atoms with Crippen LogP contribution in [0.5, 0.6) is 0 Å². The number of halogens is 1. The van der Waals surface area contributed by atoms with Gasteiger partial charge in [0.25, 0.3) is 6.29 Å².